The van der Waals surface area contributed by atoms with Crippen LogP contribution in [0.4, 0.5) is 0 Å². The molecule has 0 unspecified atom stereocenters. The molecule has 36 heavy (non-hydrogen) atoms. The Hall–Kier alpha value is -2.43. The second-order valence-electron chi connectivity index (χ2n) is 7.86. The summed E-state index contributed by atoms with van der Waals surface area (Å²) in [7, 11) is 1.64. The zero-order valence-electron chi connectivity index (χ0n) is 20.8. The Kier molecular flexibility index (Phi) is 12.2. The lowest BCUT2D eigenvalue weighted by molar-refractivity contribution is -0.142. The Bertz CT molecular complexity index is 1080. The van der Waals surface area contributed by atoms with Crippen molar-refractivity contribution in [2.75, 3.05) is 53.4 Å². The Morgan fingerprint density at radius 1 is 0.917 bits per heavy atom. The number of para-hydroxylation sites is 1. The molecule has 0 spiro atoms. The average molecular weight is 565 g/mol. The Morgan fingerprint density at radius 3 is 2.39 bits per heavy atom. The first kappa shape index (κ1) is 28.1. The smallest absolute Gasteiger partial charge is 0.310 e. The van der Waals surface area contributed by atoms with Gasteiger partial charge in [-0.2, -0.15) is 0 Å². The van der Waals surface area contributed by atoms with Crippen molar-refractivity contribution in [3.63, 3.8) is 0 Å². The average Bonchev–Trinajstić information content (AvgIpc) is 3.28. The minimum Gasteiger partial charge on any atom is -0.489 e. The molecule has 196 valence electrons. The van der Waals surface area contributed by atoms with Gasteiger partial charge in [0.15, 0.2) is 0 Å². The van der Waals surface area contributed by atoms with Crippen LogP contribution in [0.1, 0.15) is 23.8 Å². The molecule has 9 heteroatoms. The maximum absolute atomic E-state index is 11.9. The van der Waals surface area contributed by atoms with E-state index in [4.69, 9.17) is 32.8 Å². The zero-order chi connectivity index (χ0) is 25.6. The Balaban J connectivity index is 1.48. The van der Waals surface area contributed by atoms with Gasteiger partial charge in [0.2, 0.25) is 0 Å². The molecule has 0 N–H and O–H groups in total. The maximum Gasteiger partial charge on any atom is 0.310 e. The van der Waals surface area contributed by atoms with Crippen LogP contribution in [0.5, 0.6) is 5.75 Å². The van der Waals surface area contributed by atoms with Gasteiger partial charge in [-0.1, -0.05) is 18.2 Å². The molecule has 0 bridgehead atoms. The molecule has 1 heterocycles. The summed E-state index contributed by atoms with van der Waals surface area (Å²) in [6.45, 7) is 5.97. The van der Waals surface area contributed by atoms with E-state index in [2.05, 4.69) is 15.9 Å². The monoisotopic (exact) mass is 564 g/mol. The van der Waals surface area contributed by atoms with Crippen LogP contribution in [0.15, 0.2) is 51.4 Å². The van der Waals surface area contributed by atoms with Gasteiger partial charge in [-0.05, 0) is 52.7 Å². The number of carbonyl (C=O) groups excluding carboxylic acids is 1. The minimum atomic E-state index is -0.274. The first-order valence-corrected chi connectivity index (χ1v) is 12.7. The third kappa shape index (κ3) is 9.22. The lowest BCUT2D eigenvalue weighted by Crippen LogP contribution is -2.11. The number of halogens is 1. The molecule has 0 fully saturated rings. The molecule has 0 aliphatic rings. The number of ether oxygens (including phenoxy) is 6. The zero-order valence-corrected chi connectivity index (χ0v) is 22.3. The van der Waals surface area contributed by atoms with Crippen molar-refractivity contribution in [2.45, 2.75) is 26.6 Å². The van der Waals surface area contributed by atoms with E-state index in [1.165, 1.54) is 0 Å². The van der Waals surface area contributed by atoms with Crippen LogP contribution in [-0.4, -0.2) is 59.3 Å². The second-order valence-corrected chi connectivity index (χ2v) is 8.71. The fraction of sp³-hybridized carbons (Fsp3) is 0.444. The van der Waals surface area contributed by atoms with Crippen molar-refractivity contribution in [2.24, 2.45) is 0 Å². The van der Waals surface area contributed by atoms with E-state index in [1.807, 2.05) is 42.5 Å². The van der Waals surface area contributed by atoms with E-state index < -0.39 is 0 Å². The number of hydrogen-bond donors (Lipinski definition) is 0. The quantitative estimate of drug-likeness (QED) is 0.166. The minimum absolute atomic E-state index is 0.172. The molecule has 0 radical (unpaired) electrons. The van der Waals surface area contributed by atoms with Crippen molar-refractivity contribution in [3.8, 4) is 5.75 Å². The number of esters is 1. The third-order valence-electron chi connectivity index (χ3n) is 5.11. The summed E-state index contributed by atoms with van der Waals surface area (Å²) >= 11 is 3.59. The fourth-order valence-electron chi connectivity index (χ4n) is 3.45. The van der Waals surface area contributed by atoms with Gasteiger partial charge in [-0.25, -0.2) is 0 Å². The first-order chi connectivity index (χ1) is 17.6. The maximum atomic E-state index is 11.9. The molecular formula is C27H33BrO8. The number of furan rings is 1. The number of rotatable bonds is 17. The van der Waals surface area contributed by atoms with Gasteiger partial charge >= 0.3 is 5.97 Å². The lowest BCUT2D eigenvalue weighted by atomic mass is 10.1. The normalized spacial score (nSPS) is 11.2. The predicted molar refractivity (Wildman–Crippen MR) is 138 cm³/mol. The highest BCUT2D eigenvalue weighted by Gasteiger charge is 2.12. The molecule has 0 amide bonds. The van der Waals surface area contributed by atoms with Crippen LogP contribution in [-0.2, 0) is 48.1 Å². The number of fused-ring (bicyclic) bond motifs is 1. The molecule has 3 rings (SSSR count). The fourth-order valence-corrected chi connectivity index (χ4v) is 4.05. The molecule has 2 aromatic carbocycles. The van der Waals surface area contributed by atoms with Crippen molar-refractivity contribution in [1.29, 1.82) is 0 Å². The van der Waals surface area contributed by atoms with Crippen molar-refractivity contribution < 1.29 is 37.6 Å². The molecule has 0 aliphatic heterocycles. The SMILES string of the molecule is CCOC(=O)Cc1ccccc1OCc1cc(Br)c2oc(COCCOCCOCCOC)cc2c1. The highest BCUT2D eigenvalue weighted by Crippen LogP contribution is 2.30. The summed E-state index contributed by atoms with van der Waals surface area (Å²) in [5.41, 5.74) is 2.51. The molecule has 0 atom stereocenters. The lowest BCUT2D eigenvalue weighted by Gasteiger charge is -2.11. The van der Waals surface area contributed by atoms with Crippen molar-refractivity contribution in [1.82, 2.24) is 0 Å². The van der Waals surface area contributed by atoms with Gasteiger partial charge in [0.05, 0.1) is 57.1 Å². The highest BCUT2D eigenvalue weighted by atomic mass is 79.9. The topological polar surface area (TPSA) is 85.6 Å². The van der Waals surface area contributed by atoms with Gasteiger partial charge in [0.25, 0.3) is 0 Å². The van der Waals surface area contributed by atoms with Crippen LogP contribution in [0, 0.1) is 0 Å². The van der Waals surface area contributed by atoms with Gasteiger partial charge in [0, 0.05) is 18.1 Å². The summed E-state index contributed by atoms with van der Waals surface area (Å²) in [6, 6.07) is 13.4. The molecule has 3 aromatic rings. The van der Waals surface area contributed by atoms with Crippen molar-refractivity contribution >= 4 is 32.9 Å². The Morgan fingerprint density at radius 2 is 1.64 bits per heavy atom. The van der Waals surface area contributed by atoms with Crippen LogP contribution in [0.3, 0.4) is 0 Å². The van der Waals surface area contributed by atoms with Crippen LogP contribution < -0.4 is 4.74 Å². The molecule has 0 saturated carbocycles. The van der Waals surface area contributed by atoms with Gasteiger partial charge in [0.1, 0.15) is 30.3 Å². The molecule has 1 aromatic heterocycles. The van der Waals surface area contributed by atoms with Gasteiger partial charge in [-0.3, -0.25) is 4.79 Å². The number of methoxy groups -OCH3 is 1. The van der Waals surface area contributed by atoms with Crippen LogP contribution in [0.2, 0.25) is 0 Å². The summed E-state index contributed by atoms with van der Waals surface area (Å²) in [5, 5.41) is 0.950. The van der Waals surface area contributed by atoms with E-state index in [1.54, 1.807) is 14.0 Å². The second kappa shape index (κ2) is 15.6. The van der Waals surface area contributed by atoms with E-state index in [9.17, 15) is 4.79 Å². The molecule has 0 aliphatic carbocycles. The summed E-state index contributed by atoms with van der Waals surface area (Å²) in [6.07, 6.45) is 0.172. The summed E-state index contributed by atoms with van der Waals surface area (Å²) in [4.78, 5) is 11.9. The van der Waals surface area contributed by atoms with E-state index in [0.717, 1.165) is 32.3 Å². The van der Waals surface area contributed by atoms with Gasteiger partial charge in [-0.15, -0.1) is 0 Å². The molecule has 8 nitrogen and oxygen atoms in total. The highest BCUT2D eigenvalue weighted by molar-refractivity contribution is 9.10. The van der Waals surface area contributed by atoms with E-state index >= 15 is 0 Å². The van der Waals surface area contributed by atoms with E-state index in [-0.39, 0.29) is 12.4 Å². The van der Waals surface area contributed by atoms with Gasteiger partial charge < -0.3 is 32.8 Å². The standard InChI is InChI=1S/C27H33BrO8/c1-3-34-26(29)17-21-6-4-5-7-25(21)35-18-20-14-22-16-23(36-27(22)24(28)15-20)19-33-13-12-32-11-10-31-9-8-30-2/h4-7,14-16H,3,8-13,17-19H2,1-2H3. The first-order valence-electron chi connectivity index (χ1n) is 11.9. The Labute approximate surface area is 219 Å². The molecular weight excluding hydrogens is 532 g/mol. The summed E-state index contributed by atoms with van der Waals surface area (Å²) in [5.74, 6) is 1.11. The van der Waals surface area contributed by atoms with Crippen molar-refractivity contribution in [3.05, 3.63) is 63.8 Å². The molecule has 0 saturated heterocycles. The number of carbonyl (C=O) groups is 1. The van der Waals surface area contributed by atoms with Crippen LogP contribution >= 0.6 is 15.9 Å². The predicted octanol–water partition coefficient (Wildman–Crippen LogP) is 5.08. The number of hydrogen-bond acceptors (Lipinski definition) is 8. The summed E-state index contributed by atoms with van der Waals surface area (Å²) < 4.78 is 39.3. The largest absolute Gasteiger partial charge is 0.489 e. The number of benzene rings is 2. The van der Waals surface area contributed by atoms with Crippen LogP contribution in [0.25, 0.3) is 11.0 Å². The third-order valence-corrected chi connectivity index (χ3v) is 5.70. The van der Waals surface area contributed by atoms with E-state index in [0.29, 0.717) is 65.2 Å².